The molecule has 0 aliphatic carbocycles. The van der Waals surface area contributed by atoms with Crippen molar-refractivity contribution < 1.29 is 21.6 Å². The van der Waals surface area contributed by atoms with Crippen molar-refractivity contribution in [1.29, 1.82) is 0 Å². The Kier molecular flexibility index (Phi) is 4.30. The molecule has 1 atom stereocenters. The van der Waals surface area contributed by atoms with Gasteiger partial charge in [-0.15, -0.1) is 0 Å². The number of benzene rings is 2. The summed E-state index contributed by atoms with van der Waals surface area (Å²) >= 11 is 0. The fraction of sp³-hybridized carbons (Fsp3) is 0.143. The van der Waals surface area contributed by atoms with Crippen LogP contribution in [0.25, 0.3) is 11.1 Å². The molecule has 0 heterocycles. The molecule has 0 spiro atoms. The van der Waals surface area contributed by atoms with E-state index in [1.807, 2.05) is 6.07 Å². The summed E-state index contributed by atoms with van der Waals surface area (Å²) in [5.41, 5.74) is 1.10. The Labute approximate surface area is 124 Å². The molecule has 0 aliphatic heterocycles. The second-order valence-electron chi connectivity index (χ2n) is 4.39. The largest absolute Gasteiger partial charge is 0.410 e. The molecule has 0 bridgehead atoms. The van der Waals surface area contributed by atoms with Gasteiger partial charge in [-0.3, -0.25) is 0 Å². The van der Waals surface area contributed by atoms with Crippen molar-refractivity contribution in [3.05, 3.63) is 60.2 Å². The third-order valence-electron chi connectivity index (χ3n) is 2.90. The van der Waals surface area contributed by atoms with Crippen LogP contribution in [0.3, 0.4) is 0 Å². The average Bonchev–Trinajstić information content (AvgIpc) is 2.37. The van der Waals surface area contributed by atoms with E-state index in [-0.39, 0.29) is 0 Å². The zero-order valence-corrected chi connectivity index (χ0v) is 12.1. The molecular weight excluding hydrogens is 325 g/mol. The summed E-state index contributed by atoms with van der Waals surface area (Å²) in [5, 5.41) is -2.73. The number of alkyl halides is 3. The Balaban J connectivity index is 2.42. The maximum Gasteiger partial charge on any atom is 0.410 e. The molecule has 0 radical (unpaired) electrons. The van der Waals surface area contributed by atoms with E-state index < -0.39 is 26.0 Å². The van der Waals surface area contributed by atoms with Crippen LogP contribution >= 0.6 is 10.7 Å². The molecule has 0 saturated carbocycles. The third-order valence-corrected chi connectivity index (χ3v) is 4.54. The molecule has 0 aromatic heterocycles. The van der Waals surface area contributed by atoms with Crippen molar-refractivity contribution in [2.24, 2.45) is 0 Å². The number of halogens is 4. The van der Waals surface area contributed by atoms with Gasteiger partial charge in [-0.05, 0) is 16.7 Å². The van der Waals surface area contributed by atoms with E-state index in [0.717, 1.165) is 17.7 Å². The summed E-state index contributed by atoms with van der Waals surface area (Å²) < 4.78 is 60.9. The highest BCUT2D eigenvalue weighted by Gasteiger charge is 2.49. The highest BCUT2D eigenvalue weighted by molar-refractivity contribution is 8.14. The van der Waals surface area contributed by atoms with Crippen LogP contribution < -0.4 is 0 Å². The normalized spacial score (nSPS) is 13.9. The summed E-state index contributed by atoms with van der Waals surface area (Å²) in [6.45, 7) is 0. The van der Waals surface area contributed by atoms with E-state index in [2.05, 4.69) is 0 Å². The van der Waals surface area contributed by atoms with Crippen molar-refractivity contribution in [3.63, 3.8) is 0 Å². The summed E-state index contributed by atoms with van der Waals surface area (Å²) in [7, 11) is 0.121. The van der Waals surface area contributed by atoms with Crippen molar-refractivity contribution in [2.45, 2.75) is 11.4 Å². The van der Waals surface area contributed by atoms with Crippen LogP contribution in [0.4, 0.5) is 13.2 Å². The first-order chi connectivity index (χ1) is 9.69. The quantitative estimate of drug-likeness (QED) is 0.773. The maximum absolute atomic E-state index is 12.9. The fourth-order valence-corrected chi connectivity index (χ4v) is 3.41. The van der Waals surface area contributed by atoms with Gasteiger partial charge in [0.05, 0.1) is 0 Å². The van der Waals surface area contributed by atoms with E-state index in [1.165, 1.54) is 12.1 Å². The van der Waals surface area contributed by atoms with Gasteiger partial charge in [0.1, 0.15) is 0 Å². The smallest absolute Gasteiger partial charge is 0.211 e. The predicted molar refractivity (Wildman–Crippen MR) is 75.4 cm³/mol. The molecule has 2 nitrogen and oxygen atoms in total. The minimum Gasteiger partial charge on any atom is -0.211 e. The van der Waals surface area contributed by atoms with E-state index in [0.29, 0.717) is 5.56 Å². The molecule has 112 valence electrons. The van der Waals surface area contributed by atoms with Gasteiger partial charge in [-0.2, -0.15) is 13.2 Å². The SMILES string of the molecule is O=S(=O)(Cl)C(c1ccc(-c2ccccc2)cc1)C(F)(F)F. The molecule has 0 amide bonds. The lowest BCUT2D eigenvalue weighted by Crippen LogP contribution is -2.25. The van der Waals surface area contributed by atoms with Gasteiger partial charge in [0.2, 0.25) is 9.05 Å². The molecule has 2 aromatic rings. The van der Waals surface area contributed by atoms with Crippen LogP contribution in [-0.2, 0) is 9.05 Å². The monoisotopic (exact) mass is 334 g/mol. The second kappa shape index (κ2) is 5.69. The summed E-state index contributed by atoms with van der Waals surface area (Å²) in [6.07, 6.45) is -4.96. The Morgan fingerprint density at radius 1 is 0.857 bits per heavy atom. The van der Waals surface area contributed by atoms with Crippen molar-refractivity contribution >= 4 is 19.7 Å². The zero-order valence-electron chi connectivity index (χ0n) is 10.5. The summed E-state index contributed by atoms with van der Waals surface area (Å²) in [6, 6.07) is 14.1. The lowest BCUT2D eigenvalue weighted by Gasteiger charge is -2.17. The first kappa shape index (κ1) is 15.9. The van der Waals surface area contributed by atoms with Gasteiger partial charge in [-0.1, -0.05) is 54.6 Å². The van der Waals surface area contributed by atoms with Crippen molar-refractivity contribution in [3.8, 4) is 11.1 Å². The maximum atomic E-state index is 12.9. The van der Waals surface area contributed by atoms with E-state index in [1.54, 1.807) is 24.3 Å². The fourth-order valence-electron chi connectivity index (χ4n) is 1.99. The van der Waals surface area contributed by atoms with E-state index in [9.17, 15) is 21.6 Å². The Morgan fingerprint density at radius 3 is 1.76 bits per heavy atom. The van der Waals surface area contributed by atoms with Crippen molar-refractivity contribution in [2.75, 3.05) is 0 Å². The molecule has 1 unspecified atom stereocenters. The molecule has 21 heavy (non-hydrogen) atoms. The second-order valence-corrected chi connectivity index (χ2v) is 7.10. The molecule has 0 fully saturated rings. The van der Waals surface area contributed by atoms with Gasteiger partial charge in [0.15, 0.2) is 5.25 Å². The van der Waals surface area contributed by atoms with Crippen LogP contribution in [0.15, 0.2) is 54.6 Å². The molecule has 2 rings (SSSR count). The molecule has 7 heteroatoms. The van der Waals surface area contributed by atoms with E-state index in [4.69, 9.17) is 10.7 Å². The molecule has 0 saturated heterocycles. The molecule has 2 aromatic carbocycles. The third kappa shape index (κ3) is 3.77. The average molecular weight is 335 g/mol. The summed E-state index contributed by atoms with van der Waals surface area (Å²) in [5.74, 6) is 0. The van der Waals surface area contributed by atoms with Crippen LogP contribution in [-0.4, -0.2) is 14.6 Å². The number of hydrogen-bond acceptors (Lipinski definition) is 2. The Morgan fingerprint density at radius 2 is 1.33 bits per heavy atom. The van der Waals surface area contributed by atoms with Gasteiger partial charge in [0.25, 0.3) is 0 Å². The zero-order chi connectivity index (χ0) is 15.7. The van der Waals surface area contributed by atoms with Crippen molar-refractivity contribution in [1.82, 2.24) is 0 Å². The van der Waals surface area contributed by atoms with Crippen LogP contribution in [0, 0.1) is 0 Å². The summed E-state index contributed by atoms with van der Waals surface area (Å²) in [4.78, 5) is 0. The Hall–Kier alpha value is -1.53. The minimum absolute atomic E-state index is 0.405. The van der Waals surface area contributed by atoms with Gasteiger partial charge < -0.3 is 0 Å². The van der Waals surface area contributed by atoms with E-state index >= 15 is 0 Å². The number of hydrogen-bond donors (Lipinski definition) is 0. The first-order valence-electron chi connectivity index (χ1n) is 5.85. The number of rotatable bonds is 3. The van der Waals surface area contributed by atoms with Gasteiger partial charge in [0, 0.05) is 10.7 Å². The Bertz CT molecular complexity index is 710. The molecule has 0 aliphatic rings. The lowest BCUT2D eigenvalue weighted by atomic mass is 10.0. The first-order valence-corrected chi connectivity index (χ1v) is 8.22. The van der Waals surface area contributed by atoms with Crippen LogP contribution in [0.5, 0.6) is 0 Å². The topological polar surface area (TPSA) is 34.1 Å². The lowest BCUT2D eigenvalue weighted by molar-refractivity contribution is -0.131. The highest BCUT2D eigenvalue weighted by Crippen LogP contribution is 2.41. The molecule has 0 N–H and O–H groups in total. The molecular formula is C14H10ClF3O2S. The van der Waals surface area contributed by atoms with Crippen LogP contribution in [0.2, 0.25) is 0 Å². The standard InChI is InChI=1S/C14H10ClF3O2S/c15-21(19,20)13(14(16,17)18)12-8-6-11(7-9-12)10-4-2-1-3-5-10/h1-9,13H. The van der Waals surface area contributed by atoms with Crippen LogP contribution in [0.1, 0.15) is 10.8 Å². The minimum atomic E-state index is -4.96. The predicted octanol–water partition coefficient (Wildman–Crippen LogP) is 4.53. The van der Waals surface area contributed by atoms with Gasteiger partial charge in [-0.25, -0.2) is 8.42 Å². The van der Waals surface area contributed by atoms with Gasteiger partial charge >= 0.3 is 6.18 Å². The highest BCUT2D eigenvalue weighted by atomic mass is 35.7.